The van der Waals surface area contributed by atoms with Gasteiger partial charge in [-0.25, -0.2) is 0 Å². The number of hydrogen-bond donors (Lipinski definition) is 0. The molecule has 1 aromatic rings. The summed E-state index contributed by atoms with van der Waals surface area (Å²) in [6.07, 6.45) is 1.93. The summed E-state index contributed by atoms with van der Waals surface area (Å²) in [7, 11) is 0. The third-order valence-corrected chi connectivity index (χ3v) is 2.63. The Morgan fingerprint density at radius 2 is 1.75 bits per heavy atom. The molecule has 0 saturated heterocycles. The molecule has 1 rings (SSSR count). The first-order valence-corrected chi connectivity index (χ1v) is 5.76. The van der Waals surface area contributed by atoms with Crippen LogP contribution in [0, 0.1) is 13.8 Å². The lowest BCUT2D eigenvalue weighted by Gasteiger charge is -2.05. The SMILES string of the molecule is C=C(CC)CC(=O)Cc1cc(C)cc(C)c1. The lowest BCUT2D eigenvalue weighted by molar-refractivity contribution is -0.117. The number of rotatable bonds is 5. The summed E-state index contributed by atoms with van der Waals surface area (Å²) in [4.78, 5) is 11.7. The molecular formula is C15H20O. The molecule has 0 saturated carbocycles. The van der Waals surface area contributed by atoms with E-state index in [1.807, 2.05) is 6.92 Å². The minimum absolute atomic E-state index is 0.261. The number of carbonyl (C=O) groups excluding carboxylic acids is 1. The van der Waals surface area contributed by atoms with Crippen molar-refractivity contribution in [3.63, 3.8) is 0 Å². The highest BCUT2D eigenvalue weighted by atomic mass is 16.1. The van der Waals surface area contributed by atoms with Gasteiger partial charge in [0.05, 0.1) is 0 Å². The quantitative estimate of drug-likeness (QED) is 0.685. The highest BCUT2D eigenvalue weighted by molar-refractivity contribution is 5.83. The van der Waals surface area contributed by atoms with Gasteiger partial charge in [0.2, 0.25) is 0 Å². The maximum absolute atomic E-state index is 11.7. The van der Waals surface area contributed by atoms with Crippen molar-refractivity contribution < 1.29 is 4.79 Å². The number of hydrogen-bond acceptors (Lipinski definition) is 1. The van der Waals surface area contributed by atoms with Gasteiger partial charge in [0.15, 0.2) is 0 Å². The smallest absolute Gasteiger partial charge is 0.141 e. The van der Waals surface area contributed by atoms with Gasteiger partial charge in [-0.2, -0.15) is 0 Å². The Morgan fingerprint density at radius 1 is 1.19 bits per heavy atom. The standard InChI is InChI=1S/C15H20O/c1-5-11(2)9-15(16)10-14-7-12(3)6-13(4)8-14/h6-8H,2,5,9-10H2,1,3-4H3. The van der Waals surface area contributed by atoms with Crippen molar-refractivity contribution in [3.8, 4) is 0 Å². The fourth-order valence-corrected chi connectivity index (χ4v) is 1.87. The zero-order chi connectivity index (χ0) is 12.1. The Labute approximate surface area is 98.2 Å². The van der Waals surface area contributed by atoms with Crippen molar-refractivity contribution in [2.75, 3.05) is 0 Å². The van der Waals surface area contributed by atoms with Gasteiger partial charge in [-0.3, -0.25) is 4.79 Å². The fourth-order valence-electron chi connectivity index (χ4n) is 1.87. The van der Waals surface area contributed by atoms with Crippen molar-refractivity contribution in [1.82, 2.24) is 0 Å². The molecule has 86 valence electrons. The second kappa shape index (κ2) is 5.64. The van der Waals surface area contributed by atoms with Crippen LogP contribution in [-0.2, 0) is 11.2 Å². The van der Waals surface area contributed by atoms with Crippen molar-refractivity contribution >= 4 is 5.78 Å². The highest BCUT2D eigenvalue weighted by Gasteiger charge is 2.05. The predicted molar refractivity (Wildman–Crippen MR) is 68.7 cm³/mol. The Balaban J connectivity index is 2.66. The van der Waals surface area contributed by atoms with Crippen LogP contribution in [-0.4, -0.2) is 5.78 Å². The van der Waals surface area contributed by atoms with Gasteiger partial charge in [-0.05, 0) is 25.8 Å². The number of Topliss-reactive ketones (excluding diaryl/α,β-unsaturated/α-hetero) is 1. The third-order valence-electron chi connectivity index (χ3n) is 2.63. The molecule has 0 fully saturated rings. The minimum Gasteiger partial charge on any atom is -0.299 e. The highest BCUT2D eigenvalue weighted by Crippen LogP contribution is 2.12. The molecule has 1 nitrogen and oxygen atoms in total. The molecule has 0 aromatic heterocycles. The van der Waals surface area contributed by atoms with Gasteiger partial charge in [0.25, 0.3) is 0 Å². The van der Waals surface area contributed by atoms with Crippen LogP contribution in [0.3, 0.4) is 0 Å². The molecule has 1 aromatic carbocycles. The molecule has 0 aliphatic carbocycles. The normalized spacial score (nSPS) is 10.2. The molecule has 0 heterocycles. The van der Waals surface area contributed by atoms with Crippen LogP contribution in [0.15, 0.2) is 30.4 Å². The number of aryl methyl sites for hydroxylation is 2. The summed E-state index contributed by atoms with van der Waals surface area (Å²) in [6, 6.07) is 6.29. The summed E-state index contributed by atoms with van der Waals surface area (Å²) in [6.45, 7) is 10.0. The second-order valence-electron chi connectivity index (χ2n) is 4.49. The molecule has 16 heavy (non-hydrogen) atoms. The van der Waals surface area contributed by atoms with E-state index >= 15 is 0 Å². The Kier molecular flexibility index (Phi) is 4.48. The average Bonchev–Trinajstić information content (AvgIpc) is 2.15. The Bertz CT molecular complexity index is 382. The first-order valence-electron chi connectivity index (χ1n) is 5.76. The van der Waals surface area contributed by atoms with Crippen LogP contribution in [0.25, 0.3) is 0 Å². The molecule has 0 spiro atoms. The molecule has 0 amide bonds. The molecule has 1 heteroatoms. The van der Waals surface area contributed by atoms with Crippen molar-refractivity contribution in [2.45, 2.75) is 40.0 Å². The fraction of sp³-hybridized carbons (Fsp3) is 0.400. The minimum atomic E-state index is 0.261. The van der Waals surface area contributed by atoms with Crippen LogP contribution in [0.4, 0.5) is 0 Å². The monoisotopic (exact) mass is 216 g/mol. The van der Waals surface area contributed by atoms with Gasteiger partial charge in [-0.1, -0.05) is 48.4 Å². The Morgan fingerprint density at radius 3 is 2.25 bits per heavy atom. The first-order chi connectivity index (χ1) is 7.51. The van der Waals surface area contributed by atoms with E-state index in [2.05, 4.69) is 38.6 Å². The lowest BCUT2D eigenvalue weighted by Crippen LogP contribution is -2.04. The van der Waals surface area contributed by atoms with Crippen molar-refractivity contribution in [3.05, 3.63) is 47.0 Å². The summed E-state index contributed by atoms with van der Waals surface area (Å²) in [5.41, 5.74) is 4.58. The van der Waals surface area contributed by atoms with Crippen LogP contribution in [0.1, 0.15) is 36.5 Å². The second-order valence-corrected chi connectivity index (χ2v) is 4.49. The number of ketones is 1. The summed E-state index contributed by atoms with van der Waals surface area (Å²) in [5, 5.41) is 0. The molecule has 0 unspecified atom stereocenters. The molecule has 0 atom stereocenters. The predicted octanol–water partition coefficient (Wildman–Crippen LogP) is 3.77. The van der Waals surface area contributed by atoms with E-state index in [0.717, 1.165) is 17.6 Å². The maximum Gasteiger partial charge on any atom is 0.141 e. The van der Waals surface area contributed by atoms with E-state index < -0.39 is 0 Å². The van der Waals surface area contributed by atoms with Gasteiger partial charge < -0.3 is 0 Å². The van der Waals surface area contributed by atoms with Crippen LogP contribution in [0.2, 0.25) is 0 Å². The van der Waals surface area contributed by atoms with E-state index in [9.17, 15) is 4.79 Å². The van der Waals surface area contributed by atoms with Gasteiger partial charge in [0.1, 0.15) is 5.78 Å². The van der Waals surface area contributed by atoms with E-state index in [1.54, 1.807) is 0 Å². The molecular weight excluding hydrogens is 196 g/mol. The zero-order valence-electron chi connectivity index (χ0n) is 10.5. The van der Waals surface area contributed by atoms with Gasteiger partial charge in [-0.15, -0.1) is 0 Å². The summed E-state index contributed by atoms with van der Waals surface area (Å²) < 4.78 is 0. The summed E-state index contributed by atoms with van der Waals surface area (Å²) in [5.74, 6) is 0.261. The van der Waals surface area contributed by atoms with Crippen molar-refractivity contribution in [2.24, 2.45) is 0 Å². The molecule has 0 N–H and O–H groups in total. The van der Waals surface area contributed by atoms with Gasteiger partial charge >= 0.3 is 0 Å². The van der Waals surface area contributed by atoms with Crippen molar-refractivity contribution in [1.29, 1.82) is 0 Å². The third kappa shape index (κ3) is 4.01. The lowest BCUT2D eigenvalue weighted by atomic mass is 9.99. The van der Waals surface area contributed by atoms with E-state index in [-0.39, 0.29) is 5.78 Å². The maximum atomic E-state index is 11.7. The van der Waals surface area contributed by atoms with Crippen LogP contribution >= 0.6 is 0 Å². The van der Waals surface area contributed by atoms with E-state index in [1.165, 1.54) is 11.1 Å². The molecule has 0 radical (unpaired) electrons. The van der Waals surface area contributed by atoms with Crippen LogP contribution < -0.4 is 0 Å². The van der Waals surface area contributed by atoms with Crippen LogP contribution in [0.5, 0.6) is 0 Å². The van der Waals surface area contributed by atoms with E-state index in [4.69, 9.17) is 0 Å². The van der Waals surface area contributed by atoms with E-state index in [0.29, 0.717) is 12.8 Å². The molecule has 0 bridgehead atoms. The van der Waals surface area contributed by atoms with Gasteiger partial charge in [0, 0.05) is 12.8 Å². The number of carbonyl (C=O) groups is 1. The molecule has 0 aliphatic rings. The topological polar surface area (TPSA) is 17.1 Å². The molecule has 0 aliphatic heterocycles. The Hall–Kier alpha value is -1.37. The summed E-state index contributed by atoms with van der Waals surface area (Å²) >= 11 is 0. The number of allylic oxidation sites excluding steroid dienone is 1. The average molecular weight is 216 g/mol. The zero-order valence-corrected chi connectivity index (χ0v) is 10.5. The largest absolute Gasteiger partial charge is 0.299 e. The number of benzene rings is 1. The first kappa shape index (κ1) is 12.7.